The molecule has 1 N–H and O–H groups in total. The van der Waals surface area contributed by atoms with Crippen LogP contribution in [0.1, 0.15) is 46.0 Å². The van der Waals surface area contributed by atoms with Crippen molar-refractivity contribution in [3.05, 3.63) is 0 Å². The van der Waals surface area contributed by atoms with Gasteiger partial charge in [-0.3, -0.25) is 9.59 Å². The van der Waals surface area contributed by atoms with Crippen molar-refractivity contribution in [2.24, 2.45) is 16.5 Å². The maximum Gasteiger partial charge on any atom is 0.267 e. The zero-order chi connectivity index (χ0) is 19.2. The molecule has 8 heteroatoms. The zero-order valence-corrected chi connectivity index (χ0v) is 16.0. The highest BCUT2D eigenvalue weighted by Crippen LogP contribution is 2.65. The lowest BCUT2D eigenvalue weighted by Crippen LogP contribution is -2.50. The Hall–Kier alpha value is -1.70. The topological polar surface area (TPSA) is 80.2 Å². The fraction of sp³-hybridized carbons (Fsp3) is 0.842. The number of carbonyl (C=O) groups excluding carboxylic acids is 2. The molecule has 1 spiro atoms. The summed E-state index contributed by atoms with van der Waals surface area (Å²) < 4.78 is 19.2. The van der Waals surface area contributed by atoms with Crippen LogP contribution in [0.4, 0.5) is 4.39 Å². The summed E-state index contributed by atoms with van der Waals surface area (Å²) in [6, 6.07) is 0. The molecule has 0 aromatic carbocycles. The van der Waals surface area contributed by atoms with Gasteiger partial charge >= 0.3 is 0 Å². The standard InChI is InChI=1S/C19H28FN3O4/c1-12-6-18(2,27-22-12)17(25)21-10-14-11-23(4-3-5-26-14)16(24)13-7-19(8-13)9-15(19)20/h13-15H,3-11H2,1-2H3,(H,21,25). The summed E-state index contributed by atoms with van der Waals surface area (Å²) >= 11 is 0. The van der Waals surface area contributed by atoms with Crippen LogP contribution in [-0.2, 0) is 19.2 Å². The van der Waals surface area contributed by atoms with Crippen molar-refractivity contribution >= 4 is 17.5 Å². The monoisotopic (exact) mass is 381 g/mol. The number of amides is 2. The Kier molecular flexibility index (Phi) is 4.64. The van der Waals surface area contributed by atoms with Crippen LogP contribution in [0.2, 0.25) is 0 Å². The molecule has 3 fully saturated rings. The van der Waals surface area contributed by atoms with Gasteiger partial charge in [-0.1, -0.05) is 5.16 Å². The summed E-state index contributed by atoms with van der Waals surface area (Å²) in [7, 11) is 0. The van der Waals surface area contributed by atoms with E-state index in [1.807, 2.05) is 11.8 Å². The second-order valence-electron chi connectivity index (χ2n) is 8.81. The number of rotatable bonds is 4. The van der Waals surface area contributed by atoms with Crippen LogP contribution in [0.3, 0.4) is 0 Å². The van der Waals surface area contributed by atoms with Crippen molar-refractivity contribution in [3.8, 4) is 0 Å². The highest BCUT2D eigenvalue weighted by molar-refractivity contribution is 5.94. The average molecular weight is 381 g/mol. The highest BCUT2D eigenvalue weighted by atomic mass is 19.1. The van der Waals surface area contributed by atoms with E-state index in [-0.39, 0.29) is 29.3 Å². The van der Waals surface area contributed by atoms with Crippen molar-refractivity contribution in [3.63, 3.8) is 0 Å². The van der Waals surface area contributed by atoms with Crippen LogP contribution < -0.4 is 5.32 Å². The van der Waals surface area contributed by atoms with Crippen molar-refractivity contribution in [2.45, 2.75) is 63.8 Å². The summed E-state index contributed by atoms with van der Waals surface area (Å²) in [6.07, 6.45) is 2.27. The molecule has 7 nitrogen and oxygen atoms in total. The number of alkyl halides is 1. The molecule has 2 amide bonds. The van der Waals surface area contributed by atoms with Gasteiger partial charge in [0.25, 0.3) is 5.91 Å². The molecule has 3 unspecified atom stereocenters. The summed E-state index contributed by atoms with van der Waals surface area (Å²) in [5.41, 5.74) is -0.357. The van der Waals surface area contributed by atoms with Crippen LogP contribution in [0.25, 0.3) is 0 Å². The van der Waals surface area contributed by atoms with Gasteiger partial charge in [0.2, 0.25) is 11.5 Å². The van der Waals surface area contributed by atoms with E-state index in [4.69, 9.17) is 9.57 Å². The summed E-state index contributed by atoms with van der Waals surface area (Å²) in [5, 5.41) is 6.74. The van der Waals surface area contributed by atoms with E-state index >= 15 is 0 Å². The van der Waals surface area contributed by atoms with E-state index in [2.05, 4.69) is 10.5 Å². The molecule has 3 atom stereocenters. The predicted octanol–water partition coefficient (Wildman–Crippen LogP) is 1.41. The van der Waals surface area contributed by atoms with Gasteiger partial charge in [-0.15, -0.1) is 0 Å². The first-order valence-electron chi connectivity index (χ1n) is 9.86. The second-order valence-corrected chi connectivity index (χ2v) is 8.81. The van der Waals surface area contributed by atoms with Gasteiger partial charge in [-0.2, -0.15) is 0 Å². The third-order valence-electron chi connectivity index (χ3n) is 6.37. The number of hydrogen-bond acceptors (Lipinski definition) is 5. The molecule has 4 rings (SSSR count). The Morgan fingerprint density at radius 1 is 1.37 bits per heavy atom. The molecule has 0 aromatic rings. The molecular formula is C19H28FN3O4. The third-order valence-corrected chi connectivity index (χ3v) is 6.37. The first kappa shape index (κ1) is 18.7. The molecule has 27 heavy (non-hydrogen) atoms. The van der Waals surface area contributed by atoms with Crippen LogP contribution in [0.15, 0.2) is 5.16 Å². The first-order valence-corrected chi connectivity index (χ1v) is 9.86. The highest BCUT2D eigenvalue weighted by Gasteiger charge is 2.64. The van der Waals surface area contributed by atoms with Gasteiger partial charge in [-0.05, 0) is 39.5 Å². The minimum atomic E-state index is -0.974. The quantitative estimate of drug-likeness (QED) is 0.799. The molecule has 2 saturated carbocycles. The number of ether oxygens (including phenoxy) is 1. The smallest absolute Gasteiger partial charge is 0.267 e. The molecule has 150 valence electrons. The predicted molar refractivity (Wildman–Crippen MR) is 95.8 cm³/mol. The average Bonchev–Trinajstić information content (AvgIpc) is 3.24. The molecule has 0 bridgehead atoms. The van der Waals surface area contributed by atoms with Gasteiger partial charge in [0.05, 0.1) is 11.8 Å². The fourth-order valence-electron chi connectivity index (χ4n) is 4.54. The van der Waals surface area contributed by atoms with Crippen molar-refractivity contribution in [1.29, 1.82) is 0 Å². The molecule has 2 aliphatic heterocycles. The van der Waals surface area contributed by atoms with E-state index in [9.17, 15) is 14.0 Å². The second kappa shape index (κ2) is 6.72. The Morgan fingerprint density at radius 2 is 2.11 bits per heavy atom. The first-order chi connectivity index (χ1) is 12.8. The Morgan fingerprint density at radius 3 is 2.74 bits per heavy atom. The largest absolute Gasteiger partial charge is 0.379 e. The van der Waals surface area contributed by atoms with Crippen LogP contribution in [0.5, 0.6) is 0 Å². The fourth-order valence-corrected chi connectivity index (χ4v) is 4.54. The van der Waals surface area contributed by atoms with Crippen molar-refractivity contribution < 1.29 is 23.6 Å². The molecule has 1 saturated heterocycles. The summed E-state index contributed by atoms with van der Waals surface area (Å²) in [4.78, 5) is 32.3. The van der Waals surface area contributed by atoms with Crippen LogP contribution in [0, 0.1) is 11.3 Å². The zero-order valence-electron chi connectivity index (χ0n) is 16.0. The number of oxime groups is 1. The number of carbonyl (C=O) groups is 2. The maximum atomic E-state index is 13.4. The normalized spacial score (nSPS) is 40.6. The van der Waals surface area contributed by atoms with Crippen LogP contribution >= 0.6 is 0 Å². The van der Waals surface area contributed by atoms with E-state index in [1.165, 1.54) is 0 Å². The van der Waals surface area contributed by atoms with E-state index < -0.39 is 11.8 Å². The molecule has 0 aromatic heterocycles. The number of nitrogens with one attached hydrogen (secondary N) is 1. The lowest BCUT2D eigenvalue weighted by molar-refractivity contribution is -0.143. The summed E-state index contributed by atoms with van der Waals surface area (Å²) in [5.74, 6) is -0.167. The lowest BCUT2D eigenvalue weighted by Gasteiger charge is -2.38. The molecular weight excluding hydrogens is 353 g/mol. The number of halogens is 1. The minimum absolute atomic E-state index is 0.0509. The van der Waals surface area contributed by atoms with E-state index in [1.54, 1.807) is 6.92 Å². The van der Waals surface area contributed by atoms with Gasteiger partial charge in [0.15, 0.2) is 0 Å². The van der Waals surface area contributed by atoms with E-state index in [0.29, 0.717) is 51.9 Å². The van der Waals surface area contributed by atoms with E-state index in [0.717, 1.165) is 12.1 Å². The van der Waals surface area contributed by atoms with Crippen molar-refractivity contribution in [2.75, 3.05) is 26.2 Å². The minimum Gasteiger partial charge on any atom is -0.379 e. The van der Waals surface area contributed by atoms with Crippen LogP contribution in [-0.4, -0.2) is 66.5 Å². The number of nitrogens with zero attached hydrogens (tertiary/aromatic N) is 2. The molecule has 2 aliphatic carbocycles. The lowest BCUT2D eigenvalue weighted by atomic mass is 9.71. The Bertz CT molecular complexity index is 663. The van der Waals surface area contributed by atoms with Gasteiger partial charge in [-0.25, -0.2) is 4.39 Å². The van der Waals surface area contributed by atoms with Gasteiger partial charge in [0, 0.05) is 44.0 Å². The van der Waals surface area contributed by atoms with Gasteiger partial charge in [0.1, 0.15) is 6.17 Å². The maximum absolute atomic E-state index is 13.4. The molecule has 0 radical (unpaired) electrons. The van der Waals surface area contributed by atoms with Crippen molar-refractivity contribution in [1.82, 2.24) is 10.2 Å². The Balaban J connectivity index is 1.27. The number of hydrogen-bond donors (Lipinski definition) is 1. The summed E-state index contributed by atoms with van der Waals surface area (Å²) in [6.45, 7) is 5.53. The third kappa shape index (κ3) is 3.56. The molecule has 2 heterocycles. The molecule has 4 aliphatic rings. The SMILES string of the molecule is CC1=NOC(C)(C(=O)NCC2CN(C(=O)C3CC4(C3)CC4F)CCCO2)C1. The Labute approximate surface area is 158 Å². The van der Waals surface area contributed by atoms with Gasteiger partial charge < -0.3 is 19.8 Å².